The van der Waals surface area contributed by atoms with E-state index >= 15 is 0 Å². The van der Waals surface area contributed by atoms with Gasteiger partial charge in [-0.15, -0.1) is 11.6 Å². The Morgan fingerprint density at radius 2 is 2.15 bits per heavy atom. The van der Waals surface area contributed by atoms with Crippen LogP contribution in [0.25, 0.3) is 0 Å². The van der Waals surface area contributed by atoms with Gasteiger partial charge in [-0.2, -0.15) is 0 Å². The number of alkyl halides is 1. The van der Waals surface area contributed by atoms with E-state index < -0.39 is 10.0 Å². The molecule has 0 bridgehead atoms. The molecule has 0 radical (unpaired) electrons. The Morgan fingerprint density at radius 1 is 1.54 bits per heavy atom. The van der Waals surface area contributed by atoms with Crippen molar-refractivity contribution in [2.24, 2.45) is 5.41 Å². The van der Waals surface area contributed by atoms with Gasteiger partial charge >= 0.3 is 0 Å². The monoisotopic (exact) mass is 225 g/mol. The van der Waals surface area contributed by atoms with Crippen LogP contribution in [-0.2, 0) is 10.0 Å². The summed E-state index contributed by atoms with van der Waals surface area (Å²) < 4.78 is 25.0. The van der Waals surface area contributed by atoms with Crippen molar-refractivity contribution in [2.45, 2.75) is 39.2 Å². The lowest BCUT2D eigenvalue weighted by molar-refractivity contribution is 0.313. The van der Waals surface area contributed by atoms with Gasteiger partial charge in [0.25, 0.3) is 0 Å². The van der Waals surface area contributed by atoms with Crippen molar-refractivity contribution in [3.63, 3.8) is 0 Å². The first-order chi connectivity index (χ1) is 5.87. The fourth-order valence-corrected chi connectivity index (χ4v) is 2.92. The van der Waals surface area contributed by atoms with Gasteiger partial charge in [-0.3, -0.25) is 0 Å². The second-order valence-corrected chi connectivity index (χ2v) is 6.61. The molecule has 1 aliphatic carbocycles. The van der Waals surface area contributed by atoms with E-state index in [0.29, 0.717) is 0 Å². The van der Waals surface area contributed by atoms with Gasteiger partial charge in [0.2, 0.25) is 10.0 Å². The molecule has 1 rings (SSSR count). The maximum absolute atomic E-state index is 11.2. The zero-order valence-electron chi connectivity index (χ0n) is 8.01. The fraction of sp³-hybridized carbons (Fsp3) is 1.00. The van der Waals surface area contributed by atoms with E-state index in [2.05, 4.69) is 18.6 Å². The number of sulfonamides is 1. The lowest BCUT2D eigenvalue weighted by Gasteiger charge is -2.27. The molecule has 0 amide bonds. The summed E-state index contributed by atoms with van der Waals surface area (Å²) in [6.45, 7) is 4.17. The lowest BCUT2D eigenvalue weighted by atomic mass is 9.88. The number of hydrogen-bond acceptors (Lipinski definition) is 2. The molecule has 0 aromatic rings. The molecule has 3 nitrogen and oxygen atoms in total. The average Bonchev–Trinajstić information content (AvgIpc) is 2.31. The highest BCUT2D eigenvalue weighted by Crippen LogP contribution is 2.37. The Morgan fingerprint density at radius 3 is 2.54 bits per heavy atom. The molecule has 1 saturated carbocycles. The molecule has 13 heavy (non-hydrogen) atoms. The fourth-order valence-electron chi connectivity index (χ4n) is 1.79. The molecule has 0 heterocycles. The lowest BCUT2D eigenvalue weighted by Crippen LogP contribution is -2.41. The van der Waals surface area contributed by atoms with Gasteiger partial charge in [0.1, 0.15) is 5.21 Å². The van der Waals surface area contributed by atoms with Crippen LogP contribution in [0.15, 0.2) is 0 Å². The minimum Gasteiger partial charge on any atom is -0.211 e. The summed E-state index contributed by atoms with van der Waals surface area (Å²) in [5.41, 5.74) is 0.0686. The number of nitrogens with one attached hydrogen (secondary N) is 1. The summed E-state index contributed by atoms with van der Waals surface area (Å²) in [6.07, 6.45) is 3.08. The van der Waals surface area contributed by atoms with Crippen LogP contribution in [0, 0.1) is 5.41 Å². The van der Waals surface area contributed by atoms with Crippen LogP contribution in [0.1, 0.15) is 33.1 Å². The third-order valence-corrected chi connectivity index (χ3v) is 4.52. The molecule has 0 saturated heterocycles. The molecule has 1 aliphatic rings. The Hall–Kier alpha value is 0.200. The largest absolute Gasteiger partial charge is 0.225 e. The zero-order chi connectivity index (χ0) is 10.1. The van der Waals surface area contributed by atoms with Crippen LogP contribution in [-0.4, -0.2) is 19.7 Å². The number of hydrogen-bond donors (Lipinski definition) is 1. The van der Waals surface area contributed by atoms with Crippen LogP contribution in [0.5, 0.6) is 0 Å². The number of rotatable bonds is 3. The second-order valence-electron chi connectivity index (χ2n) is 4.28. The predicted molar refractivity (Wildman–Crippen MR) is 54.2 cm³/mol. The van der Waals surface area contributed by atoms with Crippen LogP contribution in [0.4, 0.5) is 0 Å². The quantitative estimate of drug-likeness (QED) is 0.743. The molecule has 1 fully saturated rings. The van der Waals surface area contributed by atoms with Crippen molar-refractivity contribution >= 4 is 21.6 Å². The molecule has 5 heteroatoms. The molecule has 1 atom stereocenters. The van der Waals surface area contributed by atoms with Crippen LogP contribution >= 0.6 is 11.6 Å². The maximum atomic E-state index is 11.2. The van der Waals surface area contributed by atoms with E-state index in [-0.39, 0.29) is 16.7 Å². The molecule has 0 aliphatic heterocycles. The van der Waals surface area contributed by atoms with Gasteiger partial charge in [0.15, 0.2) is 0 Å². The maximum Gasteiger partial charge on any atom is 0.225 e. The SMILES string of the molecule is CC1(C)CCCC1NS(=O)(=O)CCl. The molecule has 1 N–H and O–H groups in total. The van der Waals surface area contributed by atoms with Gasteiger partial charge in [0.05, 0.1) is 0 Å². The first-order valence-electron chi connectivity index (χ1n) is 4.43. The third-order valence-electron chi connectivity index (χ3n) is 2.72. The second kappa shape index (κ2) is 3.75. The topological polar surface area (TPSA) is 46.2 Å². The average molecular weight is 226 g/mol. The minimum atomic E-state index is -3.26. The highest BCUT2D eigenvalue weighted by atomic mass is 35.5. The van der Waals surface area contributed by atoms with Gasteiger partial charge in [-0.05, 0) is 18.3 Å². The molecular weight excluding hydrogens is 210 g/mol. The summed E-state index contributed by atoms with van der Waals surface area (Å²) in [5.74, 6) is 0. The Labute approximate surface area is 84.9 Å². The molecular formula is C8H16ClNO2S. The van der Waals surface area contributed by atoms with Crippen LogP contribution in [0.3, 0.4) is 0 Å². The Balaban J connectivity index is 2.65. The van der Waals surface area contributed by atoms with Gasteiger partial charge in [-0.1, -0.05) is 20.3 Å². The summed E-state index contributed by atoms with van der Waals surface area (Å²) in [5, 5.41) is -0.348. The van der Waals surface area contributed by atoms with E-state index in [4.69, 9.17) is 11.6 Å². The number of halogens is 1. The zero-order valence-corrected chi connectivity index (χ0v) is 9.58. The summed E-state index contributed by atoms with van der Waals surface area (Å²) in [4.78, 5) is 0. The van der Waals surface area contributed by atoms with E-state index in [1.165, 1.54) is 0 Å². The van der Waals surface area contributed by atoms with Crippen molar-refractivity contribution < 1.29 is 8.42 Å². The molecule has 1 unspecified atom stereocenters. The van der Waals surface area contributed by atoms with E-state index in [1.807, 2.05) is 0 Å². The van der Waals surface area contributed by atoms with E-state index in [0.717, 1.165) is 19.3 Å². The summed E-state index contributed by atoms with van der Waals surface area (Å²) in [7, 11) is -3.26. The van der Waals surface area contributed by atoms with Crippen LogP contribution < -0.4 is 4.72 Å². The summed E-state index contributed by atoms with van der Waals surface area (Å²) in [6, 6.07) is 0.0521. The summed E-state index contributed by atoms with van der Waals surface area (Å²) >= 11 is 5.31. The Bertz CT molecular complexity index is 274. The van der Waals surface area contributed by atoms with Crippen LogP contribution in [0.2, 0.25) is 0 Å². The highest BCUT2D eigenvalue weighted by molar-refractivity contribution is 7.90. The van der Waals surface area contributed by atoms with Gasteiger partial charge in [0, 0.05) is 6.04 Å². The first-order valence-corrected chi connectivity index (χ1v) is 6.62. The Kier molecular flexibility index (Phi) is 3.25. The molecule has 0 spiro atoms. The third kappa shape index (κ3) is 2.82. The van der Waals surface area contributed by atoms with E-state index in [1.54, 1.807) is 0 Å². The van der Waals surface area contributed by atoms with Crippen molar-refractivity contribution in [1.29, 1.82) is 0 Å². The van der Waals surface area contributed by atoms with E-state index in [9.17, 15) is 8.42 Å². The smallest absolute Gasteiger partial charge is 0.211 e. The van der Waals surface area contributed by atoms with Gasteiger partial charge in [-0.25, -0.2) is 13.1 Å². The molecule has 78 valence electrons. The van der Waals surface area contributed by atoms with Crippen molar-refractivity contribution in [3.8, 4) is 0 Å². The van der Waals surface area contributed by atoms with Gasteiger partial charge < -0.3 is 0 Å². The minimum absolute atomic E-state index is 0.0521. The predicted octanol–water partition coefficient (Wildman–Crippen LogP) is 1.68. The normalized spacial score (nSPS) is 27.8. The molecule has 0 aromatic heterocycles. The molecule has 0 aromatic carbocycles. The van der Waals surface area contributed by atoms with Crippen molar-refractivity contribution in [3.05, 3.63) is 0 Å². The van der Waals surface area contributed by atoms with Crippen molar-refractivity contribution in [2.75, 3.05) is 5.21 Å². The van der Waals surface area contributed by atoms with Crippen molar-refractivity contribution in [1.82, 2.24) is 4.72 Å². The first kappa shape index (κ1) is 11.3. The standard InChI is InChI=1S/C8H16ClNO2S/c1-8(2)5-3-4-7(8)10-13(11,12)6-9/h7,10H,3-6H2,1-2H3. The highest BCUT2D eigenvalue weighted by Gasteiger charge is 2.36.